The van der Waals surface area contributed by atoms with E-state index in [1.54, 1.807) is 11.1 Å². The molecule has 2 saturated heterocycles. The van der Waals surface area contributed by atoms with Crippen LogP contribution in [-0.4, -0.2) is 51.3 Å². The molecule has 0 bridgehead atoms. The lowest BCUT2D eigenvalue weighted by Crippen LogP contribution is -2.38. The normalized spacial score (nSPS) is 23.0. The van der Waals surface area contributed by atoms with Gasteiger partial charge in [-0.2, -0.15) is 0 Å². The first-order valence-corrected chi connectivity index (χ1v) is 17.2. The topological polar surface area (TPSA) is 21.8 Å². The number of benzene rings is 3. The van der Waals surface area contributed by atoms with Gasteiger partial charge >= 0.3 is 0 Å². The Balaban J connectivity index is 0.966. The molecule has 7 rings (SSSR count). The summed E-state index contributed by atoms with van der Waals surface area (Å²) in [5.74, 6) is 1.87. The molecule has 3 aromatic rings. The minimum atomic E-state index is 0.501. The average Bonchev–Trinajstić information content (AvgIpc) is 3.54. The highest BCUT2D eigenvalue weighted by atomic mass is 15.4. The maximum atomic E-state index is 3.32. The lowest BCUT2D eigenvalue weighted by atomic mass is 9.67. The van der Waals surface area contributed by atoms with E-state index in [1.165, 1.54) is 98.3 Å². The van der Waals surface area contributed by atoms with Crippen molar-refractivity contribution in [3.63, 3.8) is 0 Å². The Bertz CT molecular complexity index is 1460. The van der Waals surface area contributed by atoms with Crippen LogP contribution < -0.4 is 15.1 Å². The fourth-order valence-corrected chi connectivity index (χ4v) is 8.42. The van der Waals surface area contributed by atoms with E-state index in [2.05, 4.69) is 112 Å². The maximum absolute atomic E-state index is 3.32. The van der Waals surface area contributed by atoms with E-state index in [-0.39, 0.29) is 0 Å². The number of nitrogens with zero attached hydrogens (tertiary/aromatic N) is 3. The zero-order chi connectivity index (χ0) is 29.9. The van der Waals surface area contributed by atoms with Crippen molar-refractivity contribution in [3.8, 4) is 0 Å². The van der Waals surface area contributed by atoms with Gasteiger partial charge in [-0.3, -0.25) is 4.90 Å². The number of hydrogen-bond acceptors (Lipinski definition) is 4. The van der Waals surface area contributed by atoms with Gasteiger partial charge in [0.25, 0.3) is 0 Å². The van der Waals surface area contributed by atoms with Crippen LogP contribution in [0.2, 0.25) is 0 Å². The van der Waals surface area contributed by atoms with Crippen LogP contribution in [0.5, 0.6) is 0 Å². The molecule has 2 aliphatic carbocycles. The molecule has 0 saturated carbocycles. The summed E-state index contributed by atoms with van der Waals surface area (Å²) in [4.78, 5) is 7.88. The van der Waals surface area contributed by atoms with Gasteiger partial charge in [0.15, 0.2) is 0 Å². The summed E-state index contributed by atoms with van der Waals surface area (Å²) < 4.78 is 0. The van der Waals surface area contributed by atoms with E-state index >= 15 is 0 Å². The van der Waals surface area contributed by atoms with Crippen molar-refractivity contribution in [3.05, 3.63) is 118 Å². The number of allylic oxidation sites excluding steroid dienone is 4. The number of piperidine rings is 1. The van der Waals surface area contributed by atoms with Crippen molar-refractivity contribution in [2.75, 3.05) is 56.2 Å². The number of anilines is 2. The second kappa shape index (κ2) is 13.3. The molecule has 0 spiro atoms. The largest absolute Gasteiger partial charge is 0.372 e. The van der Waals surface area contributed by atoms with Crippen LogP contribution in [0.4, 0.5) is 11.4 Å². The molecule has 2 heterocycles. The molecular formula is C40H50N4. The molecule has 1 N–H and O–H groups in total. The van der Waals surface area contributed by atoms with Crippen LogP contribution in [0.25, 0.3) is 0 Å². The number of nitrogens with one attached hydrogen (secondary N) is 1. The minimum Gasteiger partial charge on any atom is -0.372 e. The summed E-state index contributed by atoms with van der Waals surface area (Å²) in [5.41, 5.74) is 11.9. The van der Waals surface area contributed by atoms with Crippen molar-refractivity contribution < 1.29 is 0 Å². The summed E-state index contributed by atoms with van der Waals surface area (Å²) in [6.07, 6.45) is 12.2. The van der Waals surface area contributed by atoms with E-state index in [0.29, 0.717) is 11.8 Å². The fourth-order valence-electron chi connectivity index (χ4n) is 8.42. The maximum Gasteiger partial charge on any atom is 0.0708 e. The summed E-state index contributed by atoms with van der Waals surface area (Å²) in [6.45, 7) is 10.1. The van der Waals surface area contributed by atoms with Gasteiger partial charge in [0.2, 0.25) is 0 Å². The van der Waals surface area contributed by atoms with Crippen molar-refractivity contribution in [1.82, 2.24) is 10.2 Å². The molecule has 4 aliphatic rings. The first kappa shape index (κ1) is 29.4. The van der Waals surface area contributed by atoms with Crippen molar-refractivity contribution in [2.24, 2.45) is 5.92 Å². The Morgan fingerprint density at radius 1 is 0.773 bits per heavy atom. The van der Waals surface area contributed by atoms with Crippen molar-refractivity contribution in [1.29, 1.82) is 0 Å². The molecule has 2 atom stereocenters. The number of aryl methyl sites for hydroxylation is 1. The molecule has 2 unspecified atom stereocenters. The molecule has 2 fully saturated rings. The van der Waals surface area contributed by atoms with Gasteiger partial charge in [0.05, 0.1) is 6.67 Å². The summed E-state index contributed by atoms with van der Waals surface area (Å²) in [7, 11) is 2.03. The standard InChI is InChI=1S/C40H50N4/c1-30-12-16-37(26-35(30)27-41-2)44-25-24-42(29-44)28-31-20-22-43(23-21-31)36-17-13-34(14-18-36)40-38-11-7-6-10-33(38)15-19-39(40)32-8-4-3-5-9-32/h3-6,8-10,12-14,16-18,26,31,39-41H,7,11,15,19-25,27-29H2,1-2H3. The average molecular weight is 587 g/mol. The molecule has 0 aromatic heterocycles. The van der Waals surface area contributed by atoms with E-state index in [4.69, 9.17) is 0 Å². The van der Waals surface area contributed by atoms with Gasteiger partial charge in [0, 0.05) is 56.6 Å². The Labute approximate surface area is 265 Å². The summed E-state index contributed by atoms with van der Waals surface area (Å²) in [5, 5.41) is 3.32. The van der Waals surface area contributed by atoms with Crippen LogP contribution in [-0.2, 0) is 6.54 Å². The van der Waals surface area contributed by atoms with Gasteiger partial charge in [0.1, 0.15) is 0 Å². The highest BCUT2D eigenvalue weighted by Crippen LogP contribution is 2.50. The molecule has 44 heavy (non-hydrogen) atoms. The number of rotatable bonds is 8. The predicted molar refractivity (Wildman–Crippen MR) is 186 cm³/mol. The van der Waals surface area contributed by atoms with Crippen LogP contribution in [0.15, 0.2) is 96.1 Å². The molecule has 2 aliphatic heterocycles. The van der Waals surface area contributed by atoms with Crippen LogP contribution >= 0.6 is 0 Å². The van der Waals surface area contributed by atoms with Crippen molar-refractivity contribution in [2.45, 2.75) is 63.8 Å². The zero-order valence-electron chi connectivity index (χ0n) is 26.8. The molecular weight excluding hydrogens is 536 g/mol. The van der Waals surface area contributed by atoms with Crippen molar-refractivity contribution >= 4 is 11.4 Å². The lowest BCUT2D eigenvalue weighted by molar-refractivity contribution is 0.251. The zero-order valence-corrected chi connectivity index (χ0v) is 26.8. The van der Waals surface area contributed by atoms with Gasteiger partial charge in [-0.1, -0.05) is 66.3 Å². The SMILES string of the molecule is CNCc1cc(N2CCN(CC3CCN(c4ccc(C5C6=C(C=CCC6)CCC5c5ccccc5)cc4)CC3)C2)ccc1C. The van der Waals surface area contributed by atoms with Crippen LogP contribution in [0.3, 0.4) is 0 Å². The third kappa shape index (κ3) is 6.25. The molecule has 0 amide bonds. The third-order valence-corrected chi connectivity index (χ3v) is 10.9. The monoisotopic (exact) mass is 586 g/mol. The van der Waals surface area contributed by atoms with Gasteiger partial charge < -0.3 is 15.1 Å². The van der Waals surface area contributed by atoms with Gasteiger partial charge in [-0.15, -0.1) is 0 Å². The quantitative estimate of drug-likeness (QED) is 0.289. The van der Waals surface area contributed by atoms with E-state index < -0.39 is 0 Å². The Morgan fingerprint density at radius 3 is 2.36 bits per heavy atom. The van der Waals surface area contributed by atoms with E-state index in [0.717, 1.165) is 25.7 Å². The van der Waals surface area contributed by atoms with Gasteiger partial charge in [-0.05, 0) is 116 Å². The lowest BCUT2D eigenvalue weighted by Gasteiger charge is -2.38. The van der Waals surface area contributed by atoms with E-state index in [1.807, 2.05) is 7.05 Å². The summed E-state index contributed by atoms with van der Waals surface area (Å²) >= 11 is 0. The molecule has 230 valence electrons. The van der Waals surface area contributed by atoms with E-state index in [9.17, 15) is 0 Å². The smallest absolute Gasteiger partial charge is 0.0708 e. The minimum absolute atomic E-state index is 0.501. The van der Waals surface area contributed by atoms with Crippen LogP contribution in [0.1, 0.15) is 72.6 Å². The molecule has 4 heteroatoms. The fraction of sp³-hybridized carbons (Fsp3) is 0.450. The van der Waals surface area contributed by atoms with Gasteiger partial charge in [-0.25, -0.2) is 0 Å². The Morgan fingerprint density at radius 2 is 1.57 bits per heavy atom. The second-order valence-corrected chi connectivity index (χ2v) is 13.7. The van der Waals surface area contributed by atoms with Crippen LogP contribution in [0, 0.1) is 12.8 Å². The first-order valence-electron chi connectivity index (χ1n) is 17.2. The highest BCUT2D eigenvalue weighted by Gasteiger charge is 2.34. The first-order chi connectivity index (χ1) is 21.7. The Hall–Kier alpha value is -3.34. The number of hydrogen-bond donors (Lipinski definition) is 1. The third-order valence-electron chi connectivity index (χ3n) is 10.9. The summed E-state index contributed by atoms with van der Waals surface area (Å²) in [6, 6.07) is 28.0. The molecule has 3 aromatic carbocycles. The molecule has 0 radical (unpaired) electrons. The Kier molecular flexibility index (Phi) is 8.91. The highest BCUT2D eigenvalue weighted by molar-refractivity contribution is 5.53. The second-order valence-electron chi connectivity index (χ2n) is 13.7. The molecule has 4 nitrogen and oxygen atoms in total. The predicted octanol–water partition coefficient (Wildman–Crippen LogP) is 8.02.